The Balaban J connectivity index is 1.20. The van der Waals surface area contributed by atoms with Crippen molar-refractivity contribution in [1.82, 2.24) is 24.5 Å². The van der Waals surface area contributed by atoms with Gasteiger partial charge in [-0.1, -0.05) is 103 Å². The summed E-state index contributed by atoms with van der Waals surface area (Å²) in [7, 11) is 2.11. The van der Waals surface area contributed by atoms with Gasteiger partial charge in [0.05, 0.1) is 34.6 Å². The molecule has 0 N–H and O–H groups in total. The van der Waals surface area contributed by atoms with E-state index in [0.717, 1.165) is 62.4 Å². The Kier molecular flexibility index (Phi) is 7.58. The predicted molar refractivity (Wildman–Crippen MR) is 217 cm³/mol. The molecule has 8 nitrogen and oxygen atoms in total. The molecule has 6 aromatic carbocycles. The van der Waals surface area contributed by atoms with Gasteiger partial charge in [0.1, 0.15) is 17.3 Å². The quantitative estimate of drug-likeness (QED) is 0.164. The summed E-state index contributed by atoms with van der Waals surface area (Å²) in [5.41, 5.74) is 7.93. The molecule has 9 aromatic rings. The molecule has 0 bridgehead atoms. The predicted octanol–water partition coefficient (Wildman–Crippen LogP) is 10.7. The first kappa shape index (κ1) is 31.4. The fourth-order valence-corrected chi connectivity index (χ4v) is 7.36. The Labute approximate surface area is 312 Å². The van der Waals surface area contributed by atoms with Gasteiger partial charge >= 0.3 is 0 Å². The maximum absolute atomic E-state index is 6.99. The van der Waals surface area contributed by atoms with Crippen molar-refractivity contribution in [3.8, 4) is 51.5 Å². The minimum atomic E-state index is 0.514. The molecule has 54 heavy (non-hydrogen) atoms. The van der Waals surface area contributed by atoms with Gasteiger partial charge in [-0.15, -0.1) is 0 Å². The smallest absolute Gasteiger partial charge is 0.167 e. The molecule has 0 saturated heterocycles. The normalized spacial score (nSPS) is 12.4. The number of rotatable bonds is 7. The lowest BCUT2D eigenvalue weighted by molar-refractivity contribution is 0.484. The summed E-state index contributed by atoms with van der Waals surface area (Å²) >= 11 is 0. The van der Waals surface area contributed by atoms with Crippen molar-refractivity contribution in [3.63, 3.8) is 0 Å². The van der Waals surface area contributed by atoms with Gasteiger partial charge in [-0.2, -0.15) is 0 Å². The Bertz CT molecular complexity index is 2750. The summed E-state index contributed by atoms with van der Waals surface area (Å²) < 4.78 is 9.18. The van der Waals surface area contributed by atoms with Gasteiger partial charge in [-0.05, 0) is 48.5 Å². The number of nitrogens with zero attached hydrogens (tertiary/aromatic N) is 7. The van der Waals surface area contributed by atoms with Gasteiger partial charge in [-0.3, -0.25) is 4.57 Å². The average molecular weight is 700 g/mol. The van der Waals surface area contributed by atoms with Gasteiger partial charge in [-0.25, -0.2) is 19.9 Å². The molecule has 0 unspecified atom stereocenters. The number of hydrogen-bond donors (Lipinski definition) is 0. The van der Waals surface area contributed by atoms with Crippen LogP contribution in [-0.4, -0.2) is 38.2 Å². The molecule has 8 heteroatoms. The summed E-state index contributed by atoms with van der Waals surface area (Å²) in [6, 6.07) is 55.4. The molecule has 0 spiro atoms. The molecule has 0 atom stereocenters. The maximum atomic E-state index is 6.99. The highest BCUT2D eigenvalue weighted by Gasteiger charge is 2.25. The first-order chi connectivity index (χ1) is 26.7. The van der Waals surface area contributed by atoms with Crippen molar-refractivity contribution >= 4 is 38.9 Å². The second-order valence-corrected chi connectivity index (χ2v) is 13.3. The molecular weight excluding hydrogens is 667 g/mol. The van der Waals surface area contributed by atoms with Crippen LogP contribution >= 0.6 is 0 Å². The zero-order chi connectivity index (χ0) is 36.0. The monoisotopic (exact) mass is 699 g/mol. The number of anilines is 3. The lowest BCUT2D eigenvalue weighted by Crippen LogP contribution is -2.23. The van der Waals surface area contributed by atoms with E-state index in [-0.39, 0.29) is 0 Å². The van der Waals surface area contributed by atoms with E-state index in [9.17, 15) is 0 Å². The zero-order valence-corrected chi connectivity index (χ0v) is 29.4. The van der Waals surface area contributed by atoms with Gasteiger partial charge in [0.15, 0.2) is 17.5 Å². The van der Waals surface area contributed by atoms with Crippen LogP contribution < -0.4 is 14.5 Å². The van der Waals surface area contributed by atoms with Crippen LogP contribution in [0.3, 0.4) is 0 Å². The first-order valence-electron chi connectivity index (χ1n) is 17.9. The fraction of sp³-hybridized carbons (Fsp3) is 0.0435. The maximum Gasteiger partial charge on any atom is 0.167 e. The van der Waals surface area contributed by atoms with E-state index in [2.05, 4.69) is 94.2 Å². The van der Waals surface area contributed by atoms with Gasteiger partial charge in [0, 0.05) is 53.0 Å². The van der Waals surface area contributed by atoms with Crippen LogP contribution in [0, 0.1) is 0 Å². The van der Waals surface area contributed by atoms with Crippen molar-refractivity contribution in [3.05, 3.63) is 170 Å². The van der Waals surface area contributed by atoms with Gasteiger partial charge in [0.2, 0.25) is 0 Å². The fourth-order valence-electron chi connectivity index (χ4n) is 7.36. The SMILES string of the molecule is CN1CN(c2cccc(Oc3cc4c(cc3-c3nc(-c5ccccc5)nc(-c5ccccc5)n3)c3ccccc3n4-c3ccccn3)c2)c2ccccc21. The van der Waals surface area contributed by atoms with Crippen LogP contribution in [0.4, 0.5) is 17.1 Å². The summed E-state index contributed by atoms with van der Waals surface area (Å²) in [6.45, 7) is 0.736. The van der Waals surface area contributed by atoms with E-state index in [4.69, 9.17) is 24.7 Å². The van der Waals surface area contributed by atoms with Crippen molar-refractivity contribution < 1.29 is 4.74 Å². The molecule has 1 aliphatic rings. The van der Waals surface area contributed by atoms with Gasteiger partial charge < -0.3 is 14.5 Å². The van der Waals surface area contributed by atoms with Crippen molar-refractivity contribution in [2.45, 2.75) is 0 Å². The number of hydrogen-bond acceptors (Lipinski definition) is 7. The highest BCUT2D eigenvalue weighted by molar-refractivity contribution is 6.11. The van der Waals surface area contributed by atoms with Crippen LogP contribution in [0.5, 0.6) is 11.5 Å². The number of fused-ring (bicyclic) bond motifs is 4. The lowest BCUT2D eigenvalue weighted by atomic mass is 10.1. The minimum absolute atomic E-state index is 0.514. The van der Waals surface area contributed by atoms with Crippen LogP contribution in [-0.2, 0) is 0 Å². The first-order valence-corrected chi connectivity index (χ1v) is 17.9. The largest absolute Gasteiger partial charge is 0.456 e. The van der Waals surface area contributed by atoms with E-state index in [0.29, 0.717) is 29.0 Å². The highest BCUT2D eigenvalue weighted by Crippen LogP contribution is 2.44. The molecule has 10 rings (SSSR count). The number of pyridine rings is 1. The molecular formula is C46H33N7O. The number of aromatic nitrogens is 5. The number of ether oxygens (including phenoxy) is 1. The summed E-state index contributed by atoms with van der Waals surface area (Å²) in [5.74, 6) is 3.81. The summed E-state index contributed by atoms with van der Waals surface area (Å²) in [5, 5.41) is 2.12. The lowest BCUT2D eigenvalue weighted by Gasteiger charge is -2.20. The second-order valence-electron chi connectivity index (χ2n) is 13.3. The van der Waals surface area contributed by atoms with E-state index >= 15 is 0 Å². The molecule has 0 fully saturated rings. The third-order valence-corrected chi connectivity index (χ3v) is 9.89. The van der Waals surface area contributed by atoms with Crippen molar-refractivity contribution in [1.29, 1.82) is 0 Å². The van der Waals surface area contributed by atoms with E-state index < -0.39 is 0 Å². The van der Waals surface area contributed by atoms with E-state index in [1.165, 1.54) is 5.69 Å². The zero-order valence-electron chi connectivity index (χ0n) is 29.4. The molecule has 0 radical (unpaired) electrons. The third-order valence-electron chi connectivity index (χ3n) is 9.89. The van der Waals surface area contributed by atoms with E-state index in [1.807, 2.05) is 97.2 Å². The molecule has 0 aliphatic carbocycles. The van der Waals surface area contributed by atoms with Crippen LogP contribution in [0.1, 0.15) is 0 Å². The van der Waals surface area contributed by atoms with Gasteiger partial charge in [0.25, 0.3) is 0 Å². The summed E-state index contributed by atoms with van der Waals surface area (Å²) in [6.07, 6.45) is 1.82. The highest BCUT2D eigenvalue weighted by atomic mass is 16.5. The Morgan fingerprint density at radius 3 is 1.94 bits per heavy atom. The molecule has 1 aliphatic heterocycles. The molecule has 4 heterocycles. The second kappa shape index (κ2) is 13.0. The van der Waals surface area contributed by atoms with Crippen LogP contribution in [0.15, 0.2) is 170 Å². The molecule has 3 aromatic heterocycles. The van der Waals surface area contributed by atoms with Crippen molar-refractivity contribution in [2.75, 3.05) is 23.5 Å². The Morgan fingerprint density at radius 1 is 0.537 bits per heavy atom. The van der Waals surface area contributed by atoms with Crippen molar-refractivity contribution in [2.24, 2.45) is 0 Å². The number of para-hydroxylation sites is 3. The molecule has 0 saturated carbocycles. The standard InChI is InChI=1S/C46H33N7O/c1-51-30-52(40-24-11-10-23-39(40)51)33-19-14-20-34(27-33)54-42-29-41-36(35-21-8-9-22-38(35)53(41)43-25-12-13-26-47-43)28-37(42)46-49-44(31-15-4-2-5-16-31)48-45(50-46)32-17-6-3-7-18-32/h2-29H,30H2,1H3. The molecule has 258 valence electrons. The minimum Gasteiger partial charge on any atom is -0.456 e. The molecule has 0 amide bonds. The van der Waals surface area contributed by atoms with E-state index in [1.54, 1.807) is 0 Å². The van der Waals surface area contributed by atoms with Crippen LogP contribution in [0.25, 0.3) is 61.8 Å². The number of benzene rings is 6. The third kappa shape index (κ3) is 5.48. The summed E-state index contributed by atoms with van der Waals surface area (Å²) in [4.78, 5) is 24.5. The average Bonchev–Trinajstić information content (AvgIpc) is 3.75. The van der Waals surface area contributed by atoms with Crippen LogP contribution in [0.2, 0.25) is 0 Å². The Morgan fingerprint density at radius 2 is 1.20 bits per heavy atom. The topological polar surface area (TPSA) is 72.2 Å². The Hall–Kier alpha value is -7.32.